The lowest BCUT2D eigenvalue weighted by Gasteiger charge is -2.26. The summed E-state index contributed by atoms with van der Waals surface area (Å²) in [7, 11) is 1.95. The average molecular weight is 181 g/mol. The van der Waals surface area contributed by atoms with Crippen LogP contribution in [0.3, 0.4) is 0 Å². The second kappa shape index (κ2) is 4.07. The van der Waals surface area contributed by atoms with Gasteiger partial charge in [-0.2, -0.15) is 5.26 Å². The van der Waals surface area contributed by atoms with Crippen LogP contribution in [0.2, 0.25) is 0 Å². The summed E-state index contributed by atoms with van der Waals surface area (Å²) in [5.74, 6) is 0. The Morgan fingerprint density at radius 3 is 3.08 bits per heavy atom. The lowest BCUT2D eigenvalue weighted by molar-refractivity contribution is 0.283. The van der Waals surface area contributed by atoms with E-state index in [-0.39, 0.29) is 5.50 Å². The molecule has 1 atom stereocenters. The molecule has 3 nitrogen and oxygen atoms in total. The highest BCUT2D eigenvalue weighted by molar-refractivity contribution is 8.04. The molecule has 0 spiro atoms. The first-order valence-electron chi connectivity index (χ1n) is 3.61. The van der Waals surface area contributed by atoms with Gasteiger partial charge in [0.15, 0.2) is 5.50 Å². The largest absolute Gasteiger partial charge is 0.350 e. The van der Waals surface area contributed by atoms with Gasteiger partial charge in [-0.15, -0.1) is 6.58 Å². The summed E-state index contributed by atoms with van der Waals surface area (Å²) in [6.07, 6.45) is 5.75. The standard InChI is InChI=1S/C8H11N3S/c1-3-4-11-6-5-10(2)8(11)12-7-9/h3,5-6,8H,1,4H2,2H3. The Bertz CT molecular complexity index is 231. The van der Waals surface area contributed by atoms with Crippen LogP contribution in [0.15, 0.2) is 25.1 Å². The molecule has 0 N–H and O–H groups in total. The molecule has 0 aromatic rings. The molecule has 0 aromatic heterocycles. The Morgan fingerprint density at radius 1 is 1.75 bits per heavy atom. The highest BCUT2D eigenvalue weighted by Crippen LogP contribution is 2.23. The molecular weight excluding hydrogens is 170 g/mol. The first kappa shape index (κ1) is 9.01. The maximum atomic E-state index is 8.54. The maximum Gasteiger partial charge on any atom is 0.164 e. The van der Waals surface area contributed by atoms with Crippen molar-refractivity contribution in [2.24, 2.45) is 0 Å². The minimum absolute atomic E-state index is 0.105. The van der Waals surface area contributed by atoms with Gasteiger partial charge in [-0.1, -0.05) is 6.08 Å². The van der Waals surface area contributed by atoms with E-state index in [9.17, 15) is 0 Å². The number of nitriles is 1. The van der Waals surface area contributed by atoms with Crippen LogP contribution in [0.25, 0.3) is 0 Å². The number of hydrogen-bond acceptors (Lipinski definition) is 4. The molecule has 1 unspecified atom stereocenters. The topological polar surface area (TPSA) is 30.3 Å². The summed E-state index contributed by atoms with van der Waals surface area (Å²) in [6.45, 7) is 4.44. The van der Waals surface area contributed by atoms with Gasteiger partial charge in [0.1, 0.15) is 5.40 Å². The minimum Gasteiger partial charge on any atom is -0.350 e. The molecule has 4 heteroatoms. The predicted octanol–water partition coefficient (Wildman–Crippen LogP) is 1.39. The van der Waals surface area contributed by atoms with Crippen LogP contribution in [0, 0.1) is 10.7 Å². The fourth-order valence-electron chi connectivity index (χ4n) is 1.07. The normalized spacial score (nSPS) is 21.2. The fourth-order valence-corrected chi connectivity index (χ4v) is 1.69. The molecule has 12 heavy (non-hydrogen) atoms. The molecule has 0 radical (unpaired) electrons. The van der Waals surface area contributed by atoms with Gasteiger partial charge in [-0.05, 0) is 0 Å². The molecule has 1 aliphatic heterocycles. The Morgan fingerprint density at radius 2 is 2.50 bits per heavy atom. The first-order valence-corrected chi connectivity index (χ1v) is 4.49. The highest BCUT2D eigenvalue weighted by Gasteiger charge is 2.22. The van der Waals surface area contributed by atoms with Crippen molar-refractivity contribution in [1.82, 2.24) is 9.80 Å². The van der Waals surface area contributed by atoms with Crippen molar-refractivity contribution in [3.63, 3.8) is 0 Å². The molecule has 1 aliphatic rings. The smallest absolute Gasteiger partial charge is 0.164 e. The van der Waals surface area contributed by atoms with Crippen LogP contribution in [-0.4, -0.2) is 28.9 Å². The fraction of sp³-hybridized carbons (Fsp3) is 0.375. The van der Waals surface area contributed by atoms with Crippen LogP contribution >= 0.6 is 11.8 Å². The van der Waals surface area contributed by atoms with E-state index in [4.69, 9.17) is 5.26 Å². The van der Waals surface area contributed by atoms with Gasteiger partial charge in [0.2, 0.25) is 0 Å². The van der Waals surface area contributed by atoms with E-state index in [1.165, 1.54) is 11.8 Å². The average Bonchev–Trinajstić information content (AvgIpc) is 2.37. The van der Waals surface area contributed by atoms with E-state index in [0.717, 1.165) is 6.54 Å². The van der Waals surface area contributed by atoms with Crippen LogP contribution < -0.4 is 0 Å². The molecule has 0 saturated heterocycles. The summed E-state index contributed by atoms with van der Waals surface area (Å²) in [6, 6.07) is 0. The van der Waals surface area contributed by atoms with Gasteiger partial charge in [-0.3, -0.25) is 0 Å². The SMILES string of the molecule is C=CCN1C=CN(C)C1SC#N. The Kier molecular flexibility index (Phi) is 3.06. The van der Waals surface area contributed by atoms with Gasteiger partial charge < -0.3 is 9.80 Å². The van der Waals surface area contributed by atoms with Crippen molar-refractivity contribution in [2.75, 3.05) is 13.6 Å². The summed E-state index contributed by atoms with van der Waals surface area (Å²) < 4.78 is 0. The van der Waals surface area contributed by atoms with Crippen LogP contribution in [0.5, 0.6) is 0 Å². The Balaban J connectivity index is 2.57. The summed E-state index contributed by atoms with van der Waals surface area (Å²) in [5.41, 5.74) is 0.105. The van der Waals surface area contributed by atoms with Crippen molar-refractivity contribution in [2.45, 2.75) is 5.50 Å². The molecule has 0 aromatic carbocycles. The Labute approximate surface area is 76.9 Å². The van der Waals surface area contributed by atoms with Crippen molar-refractivity contribution >= 4 is 11.8 Å². The third-order valence-corrected chi connectivity index (χ3v) is 2.54. The lowest BCUT2D eigenvalue weighted by atomic mass is 10.6. The van der Waals surface area contributed by atoms with Gasteiger partial charge in [0.25, 0.3) is 0 Å². The number of thiocyanates is 1. The third kappa shape index (κ3) is 1.74. The molecule has 1 rings (SSSR count). The summed E-state index contributed by atoms with van der Waals surface area (Å²) in [4.78, 5) is 4.05. The molecule has 0 amide bonds. The zero-order chi connectivity index (χ0) is 8.97. The van der Waals surface area contributed by atoms with Gasteiger partial charge in [0, 0.05) is 37.8 Å². The number of thioether (sulfide) groups is 1. The first-order chi connectivity index (χ1) is 5.79. The van der Waals surface area contributed by atoms with E-state index >= 15 is 0 Å². The maximum absolute atomic E-state index is 8.54. The third-order valence-electron chi connectivity index (χ3n) is 1.62. The van der Waals surface area contributed by atoms with E-state index in [1.54, 1.807) is 0 Å². The molecule has 0 aliphatic carbocycles. The Hall–Kier alpha value is -1.08. The van der Waals surface area contributed by atoms with Gasteiger partial charge >= 0.3 is 0 Å². The summed E-state index contributed by atoms with van der Waals surface area (Å²) in [5, 5.41) is 10.6. The van der Waals surface area contributed by atoms with Crippen molar-refractivity contribution in [3.05, 3.63) is 25.1 Å². The van der Waals surface area contributed by atoms with Crippen LogP contribution in [-0.2, 0) is 0 Å². The van der Waals surface area contributed by atoms with Crippen LogP contribution in [0.4, 0.5) is 0 Å². The van der Waals surface area contributed by atoms with E-state index in [0.29, 0.717) is 0 Å². The van der Waals surface area contributed by atoms with E-state index in [1.807, 2.05) is 30.4 Å². The second-order valence-electron chi connectivity index (χ2n) is 2.48. The van der Waals surface area contributed by atoms with Crippen molar-refractivity contribution < 1.29 is 0 Å². The molecule has 0 bridgehead atoms. The van der Waals surface area contributed by atoms with Crippen LogP contribution in [0.1, 0.15) is 0 Å². The monoisotopic (exact) mass is 181 g/mol. The van der Waals surface area contributed by atoms with E-state index < -0.39 is 0 Å². The molecule has 0 fully saturated rings. The zero-order valence-electron chi connectivity index (χ0n) is 6.97. The van der Waals surface area contributed by atoms with Gasteiger partial charge in [0.05, 0.1) is 0 Å². The second-order valence-corrected chi connectivity index (χ2v) is 3.32. The molecule has 64 valence electrons. The zero-order valence-corrected chi connectivity index (χ0v) is 7.79. The predicted molar refractivity (Wildman–Crippen MR) is 50.8 cm³/mol. The van der Waals surface area contributed by atoms with Crippen molar-refractivity contribution in [3.8, 4) is 5.40 Å². The molecule has 1 heterocycles. The summed E-state index contributed by atoms with van der Waals surface area (Å²) >= 11 is 1.24. The lowest BCUT2D eigenvalue weighted by Crippen LogP contribution is -2.33. The number of rotatable bonds is 3. The van der Waals surface area contributed by atoms with E-state index in [2.05, 4.69) is 16.9 Å². The van der Waals surface area contributed by atoms with Gasteiger partial charge in [-0.25, -0.2) is 0 Å². The minimum atomic E-state index is 0.105. The molecule has 0 saturated carbocycles. The van der Waals surface area contributed by atoms with Crippen molar-refractivity contribution in [1.29, 1.82) is 5.26 Å². The number of nitrogens with zero attached hydrogens (tertiary/aromatic N) is 3. The highest BCUT2D eigenvalue weighted by atomic mass is 32.2. The quantitative estimate of drug-likeness (QED) is 0.486. The number of hydrogen-bond donors (Lipinski definition) is 0. The molecular formula is C8H11N3S.